The fourth-order valence-electron chi connectivity index (χ4n) is 2.55. The topological polar surface area (TPSA) is 44.8 Å². The highest BCUT2D eigenvalue weighted by atomic mass is 79.9. The maximum atomic E-state index is 11.8. The normalized spacial score (nSPS) is 16.6. The summed E-state index contributed by atoms with van der Waals surface area (Å²) in [6, 6.07) is 8.43. The van der Waals surface area contributed by atoms with Crippen molar-refractivity contribution in [3.8, 4) is 0 Å². The Hall–Kier alpha value is -0.950. The minimum Gasteiger partial charge on any atom is -0.383 e. The van der Waals surface area contributed by atoms with E-state index in [9.17, 15) is 4.79 Å². The van der Waals surface area contributed by atoms with Gasteiger partial charge in [-0.15, -0.1) is 0 Å². The predicted octanol–water partition coefficient (Wildman–Crippen LogP) is 1.33. The van der Waals surface area contributed by atoms with Gasteiger partial charge >= 0.3 is 0 Å². The first kappa shape index (κ1) is 17.4. The molecule has 22 heavy (non-hydrogen) atoms. The summed E-state index contributed by atoms with van der Waals surface area (Å²) in [6.45, 7) is 6.46. The first-order valence-electron chi connectivity index (χ1n) is 7.62. The highest BCUT2D eigenvalue weighted by Gasteiger charge is 2.18. The molecule has 0 spiro atoms. The van der Waals surface area contributed by atoms with Crippen molar-refractivity contribution >= 4 is 21.8 Å². The van der Waals surface area contributed by atoms with Gasteiger partial charge in [-0.05, 0) is 17.7 Å². The van der Waals surface area contributed by atoms with Gasteiger partial charge in [-0.3, -0.25) is 14.6 Å². The molecule has 1 saturated heterocycles. The smallest absolute Gasteiger partial charge is 0.234 e. The van der Waals surface area contributed by atoms with E-state index < -0.39 is 0 Å². The second-order valence-corrected chi connectivity index (χ2v) is 6.44. The van der Waals surface area contributed by atoms with Crippen molar-refractivity contribution in [2.45, 2.75) is 6.54 Å². The van der Waals surface area contributed by atoms with E-state index in [0.717, 1.165) is 37.2 Å². The maximum Gasteiger partial charge on any atom is 0.234 e. The van der Waals surface area contributed by atoms with Crippen molar-refractivity contribution in [2.24, 2.45) is 0 Å². The van der Waals surface area contributed by atoms with Gasteiger partial charge in [-0.1, -0.05) is 28.1 Å². The van der Waals surface area contributed by atoms with Crippen molar-refractivity contribution in [1.29, 1.82) is 0 Å². The van der Waals surface area contributed by atoms with E-state index in [0.29, 0.717) is 19.7 Å². The van der Waals surface area contributed by atoms with Gasteiger partial charge in [0.2, 0.25) is 5.91 Å². The number of carbonyl (C=O) groups is 1. The average Bonchev–Trinajstić information content (AvgIpc) is 2.50. The van der Waals surface area contributed by atoms with Crippen LogP contribution in [-0.4, -0.2) is 68.7 Å². The molecule has 1 aromatic carbocycles. The second-order valence-electron chi connectivity index (χ2n) is 5.52. The molecule has 1 aliphatic heterocycles. The number of nitrogens with zero attached hydrogens (tertiary/aromatic N) is 2. The molecule has 1 heterocycles. The summed E-state index contributed by atoms with van der Waals surface area (Å²) in [5, 5.41) is 2.86. The molecule has 1 amide bonds. The van der Waals surface area contributed by atoms with Gasteiger partial charge in [-0.25, -0.2) is 0 Å². The van der Waals surface area contributed by atoms with Gasteiger partial charge in [0.25, 0.3) is 0 Å². The molecule has 1 aliphatic rings. The number of amides is 1. The van der Waals surface area contributed by atoms with E-state index in [1.54, 1.807) is 7.11 Å². The molecule has 5 nitrogen and oxygen atoms in total. The molecule has 122 valence electrons. The highest BCUT2D eigenvalue weighted by Crippen LogP contribution is 2.14. The van der Waals surface area contributed by atoms with Crippen LogP contribution in [0.4, 0.5) is 0 Å². The van der Waals surface area contributed by atoms with Gasteiger partial charge in [0.05, 0.1) is 13.2 Å². The van der Waals surface area contributed by atoms with Crippen LogP contribution in [0, 0.1) is 0 Å². The molecule has 2 rings (SSSR count). The lowest BCUT2D eigenvalue weighted by molar-refractivity contribution is -0.122. The number of methoxy groups -OCH3 is 1. The van der Waals surface area contributed by atoms with Crippen LogP contribution >= 0.6 is 15.9 Å². The summed E-state index contributed by atoms with van der Waals surface area (Å²) in [4.78, 5) is 16.4. The number of nitrogens with one attached hydrogen (secondary N) is 1. The molecule has 0 aromatic heterocycles. The van der Waals surface area contributed by atoms with Gasteiger partial charge in [0.15, 0.2) is 0 Å². The number of hydrogen-bond donors (Lipinski definition) is 1. The predicted molar refractivity (Wildman–Crippen MR) is 90.7 cm³/mol. The largest absolute Gasteiger partial charge is 0.383 e. The fourth-order valence-corrected chi connectivity index (χ4v) is 3.00. The molecule has 0 saturated carbocycles. The summed E-state index contributed by atoms with van der Waals surface area (Å²) in [5.41, 5.74) is 1.32. The van der Waals surface area contributed by atoms with Crippen LogP contribution in [0.5, 0.6) is 0 Å². The maximum absolute atomic E-state index is 11.8. The Morgan fingerprint density at radius 2 is 2.00 bits per heavy atom. The van der Waals surface area contributed by atoms with Crippen molar-refractivity contribution in [3.63, 3.8) is 0 Å². The highest BCUT2D eigenvalue weighted by molar-refractivity contribution is 9.10. The van der Waals surface area contributed by atoms with Crippen LogP contribution in [0.25, 0.3) is 0 Å². The first-order valence-corrected chi connectivity index (χ1v) is 8.41. The second kappa shape index (κ2) is 9.25. The van der Waals surface area contributed by atoms with Crippen LogP contribution in [0.15, 0.2) is 28.7 Å². The third kappa shape index (κ3) is 6.04. The lowest BCUT2D eigenvalue weighted by Crippen LogP contribution is -2.49. The van der Waals surface area contributed by atoms with E-state index in [1.807, 2.05) is 6.07 Å². The van der Waals surface area contributed by atoms with E-state index >= 15 is 0 Å². The number of piperazine rings is 1. The first-order chi connectivity index (χ1) is 10.7. The summed E-state index contributed by atoms with van der Waals surface area (Å²) < 4.78 is 6.04. The van der Waals surface area contributed by atoms with Crippen LogP contribution in [0.3, 0.4) is 0 Å². The van der Waals surface area contributed by atoms with Crippen LogP contribution < -0.4 is 5.32 Å². The van der Waals surface area contributed by atoms with Crippen LogP contribution in [-0.2, 0) is 16.1 Å². The zero-order valence-corrected chi connectivity index (χ0v) is 14.6. The molecule has 6 heteroatoms. The standard InChI is InChI=1S/C16H24BrN3O2/c1-22-10-5-18-16(21)13-20-8-6-19(7-9-20)12-14-3-2-4-15(17)11-14/h2-4,11H,5-10,12-13H2,1H3,(H,18,21). The Labute approximate surface area is 140 Å². The minimum atomic E-state index is 0.0810. The third-order valence-electron chi connectivity index (χ3n) is 3.76. The number of carbonyl (C=O) groups excluding carboxylic acids is 1. The molecular formula is C16H24BrN3O2. The number of halogens is 1. The molecule has 0 aliphatic carbocycles. The van der Waals surface area contributed by atoms with E-state index in [1.165, 1.54) is 5.56 Å². The number of ether oxygens (including phenoxy) is 1. The van der Waals surface area contributed by atoms with E-state index in [4.69, 9.17) is 4.74 Å². The monoisotopic (exact) mass is 369 g/mol. The molecule has 0 atom stereocenters. The van der Waals surface area contributed by atoms with Crippen LogP contribution in [0.2, 0.25) is 0 Å². The molecule has 1 N–H and O–H groups in total. The Kier molecular flexibility index (Phi) is 7.32. The van der Waals surface area contributed by atoms with Gasteiger partial charge in [-0.2, -0.15) is 0 Å². The van der Waals surface area contributed by atoms with E-state index in [-0.39, 0.29) is 5.91 Å². The molecule has 0 bridgehead atoms. The zero-order valence-electron chi connectivity index (χ0n) is 13.1. The zero-order chi connectivity index (χ0) is 15.8. The minimum absolute atomic E-state index is 0.0810. The molecule has 0 unspecified atom stereocenters. The Morgan fingerprint density at radius 1 is 1.27 bits per heavy atom. The van der Waals surface area contributed by atoms with Gasteiger partial charge in [0, 0.05) is 50.9 Å². The number of benzene rings is 1. The van der Waals surface area contributed by atoms with Gasteiger partial charge in [0.1, 0.15) is 0 Å². The summed E-state index contributed by atoms with van der Waals surface area (Å²) in [6.07, 6.45) is 0. The van der Waals surface area contributed by atoms with Crippen molar-refractivity contribution in [2.75, 3.05) is 53.0 Å². The lowest BCUT2D eigenvalue weighted by Gasteiger charge is -2.34. The van der Waals surface area contributed by atoms with Gasteiger partial charge < -0.3 is 10.1 Å². The van der Waals surface area contributed by atoms with Crippen LogP contribution in [0.1, 0.15) is 5.56 Å². The van der Waals surface area contributed by atoms with Crippen molar-refractivity contribution < 1.29 is 9.53 Å². The molecule has 1 fully saturated rings. The lowest BCUT2D eigenvalue weighted by atomic mass is 10.2. The average molecular weight is 370 g/mol. The van der Waals surface area contributed by atoms with Crippen molar-refractivity contribution in [3.05, 3.63) is 34.3 Å². The summed E-state index contributed by atoms with van der Waals surface area (Å²) in [5.74, 6) is 0.0810. The molecular weight excluding hydrogens is 346 g/mol. The molecule has 0 radical (unpaired) electrons. The number of hydrogen-bond acceptors (Lipinski definition) is 4. The van der Waals surface area contributed by atoms with E-state index in [2.05, 4.69) is 49.2 Å². The SMILES string of the molecule is COCCNC(=O)CN1CCN(Cc2cccc(Br)c2)CC1. The fraction of sp³-hybridized carbons (Fsp3) is 0.562. The summed E-state index contributed by atoms with van der Waals surface area (Å²) >= 11 is 3.51. The third-order valence-corrected chi connectivity index (χ3v) is 4.25. The summed E-state index contributed by atoms with van der Waals surface area (Å²) in [7, 11) is 1.64. The Balaban J connectivity index is 1.68. The number of rotatable bonds is 7. The van der Waals surface area contributed by atoms with Crippen molar-refractivity contribution in [1.82, 2.24) is 15.1 Å². The Morgan fingerprint density at radius 3 is 2.68 bits per heavy atom. The molecule has 1 aromatic rings. The quantitative estimate of drug-likeness (QED) is 0.736. The Bertz CT molecular complexity index is 476.